The van der Waals surface area contributed by atoms with Crippen molar-refractivity contribution in [1.82, 2.24) is 9.59 Å². The zero-order chi connectivity index (χ0) is 8.27. The van der Waals surface area contributed by atoms with Crippen molar-refractivity contribution in [2.45, 2.75) is 13.0 Å². The first-order valence-corrected chi connectivity index (χ1v) is 4.24. The summed E-state index contributed by atoms with van der Waals surface area (Å²) in [6.45, 7) is 2.34. The van der Waals surface area contributed by atoms with Gasteiger partial charge in [0.25, 0.3) is 0 Å². The quantitative estimate of drug-likeness (QED) is 0.683. The molecule has 1 heterocycles. The summed E-state index contributed by atoms with van der Waals surface area (Å²) in [7, 11) is 0. The smallest absolute Gasteiger partial charge is 0.104 e. The van der Waals surface area contributed by atoms with Gasteiger partial charge in [-0.3, -0.25) is 0 Å². The Labute approximate surface area is 69.2 Å². The summed E-state index contributed by atoms with van der Waals surface area (Å²) in [5.74, 6) is 0.0406. The molecule has 5 heteroatoms. The van der Waals surface area contributed by atoms with Crippen molar-refractivity contribution in [2.24, 2.45) is 11.7 Å². The van der Waals surface area contributed by atoms with Gasteiger partial charge < -0.3 is 10.8 Å². The molecule has 2 unspecified atom stereocenters. The molecular formula is C6H11N3OS. The molecule has 3 N–H and O–H groups in total. The van der Waals surface area contributed by atoms with E-state index in [2.05, 4.69) is 9.59 Å². The van der Waals surface area contributed by atoms with E-state index in [1.165, 1.54) is 11.5 Å². The SMILES string of the molecule is CC(CN)C(O)c1csnn1. The second-order valence-corrected chi connectivity index (χ2v) is 3.10. The molecule has 0 amide bonds. The van der Waals surface area contributed by atoms with E-state index in [0.717, 1.165) is 0 Å². The highest BCUT2D eigenvalue weighted by molar-refractivity contribution is 7.03. The van der Waals surface area contributed by atoms with Crippen molar-refractivity contribution >= 4 is 11.5 Å². The molecular weight excluding hydrogens is 162 g/mol. The molecule has 62 valence electrons. The number of hydrogen-bond acceptors (Lipinski definition) is 5. The maximum atomic E-state index is 9.50. The highest BCUT2D eigenvalue weighted by Crippen LogP contribution is 2.18. The first kappa shape index (κ1) is 8.58. The maximum absolute atomic E-state index is 9.50. The first-order valence-electron chi connectivity index (χ1n) is 3.40. The minimum Gasteiger partial charge on any atom is -0.386 e. The van der Waals surface area contributed by atoms with E-state index in [4.69, 9.17) is 5.73 Å². The molecule has 2 atom stereocenters. The van der Waals surface area contributed by atoms with Gasteiger partial charge in [-0.15, -0.1) is 5.10 Å². The highest BCUT2D eigenvalue weighted by Gasteiger charge is 2.16. The zero-order valence-corrected chi connectivity index (χ0v) is 7.08. The van der Waals surface area contributed by atoms with Crippen molar-refractivity contribution < 1.29 is 5.11 Å². The van der Waals surface area contributed by atoms with Gasteiger partial charge in [-0.1, -0.05) is 11.4 Å². The van der Waals surface area contributed by atoms with Gasteiger partial charge in [0.1, 0.15) is 11.8 Å². The van der Waals surface area contributed by atoms with Crippen LogP contribution in [-0.4, -0.2) is 21.2 Å². The summed E-state index contributed by atoms with van der Waals surface area (Å²) in [4.78, 5) is 0. The second-order valence-electron chi connectivity index (χ2n) is 2.49. The van der Waals surface area contributed by atoms with Crippen LogP contribution in [0.25, 0.3) is 0 Å². The molecule has 0 bridgehead atoms. The van der Waals surface area contributed by atoms with Crippen molar-refractivity contribution in [1.29, 1.82) is 0 Å². The van der Waals surface area contributed by atoms with Gasteiger partial charge in [0.2, 0.25) is 0 Å². The van der Waals surface area contributed by atoms with Gasteiger partial charge in [-0.05, 0) is 18.1 Å². The van der Waals surface area contributed by atoms with E-state index in [1.807, 2.05) is 6.92 Å². The van der Waals surface area contributed by atoms with E-state index in [1.54, 1.807) is 5.38 Å². The summed E-state index contributed by atoms with van der Waals surface area (Å²) in [5, 5.41) is 15.0. The fraction of sp³-hybridized carbons (Fsp3) is 0.667. The predicted molar refractivity (Wildman–Crippen MR) is 43.1 cm³/mol. The van der Waals surface area contributed by atoms with Gasteiger partial charge in [-0.2, -0.15) is 0 Å². The lowest BCUT2D eigenvalue weighted by atomic mass is 10.0. The third kappa shape index (κ3) is 1.95. The molecule has 0 saturated heterocycles. The van der Waals surface area contributed by atoms with Crippen LogP contribution >= 0.6 is 11.5 Å². The molecule has 1 aromatic rings. The number of hydrogen-bond donors (Lipinski definition) is 2. The lowest BCUT2D eigenvalue weighted by Gasteiger charge is -2.13. The fourth-order valence-electron chi connectivity index (χ4n) is 0.721. The van der Waals surface area contributed by atoms with Crippen molar-refractivity contribution in [3.8, 4) is 0 Å². The van der Waals surface area contributed by atoms with Gasteiger partial charge in [0, 0.05) is 11.3 Å². The van der Waals surface area contributed by atoms with Crippen molar-refractivity contribution in [3.05, 3.63) is 11.1 Å². The minimum atomic E-state index is -0.571. The number of aromatic nitrogens is 2. The molecule has 0 radical (unpaired) electrons. The van der Waals surface area contributed by atoms with Gasteiger partial charge in [-0.25, -0.2) is 0 Å². The van der Waals surface area contributed by atoms with Crippen LogP contribution in [0.3, 0.4) is 0 Å². The van der Waals surface area contributed by atoms with Gasteiger partial charge in [0.05, 0.1) is 0 Å². The first-order chi connectivity index (χ1) is 5.25. The Kier molecular flexibility index (Phi) is 2.92. The van der Waals surface area contributed by atoms with E-state index in [9.17, 15) is 5.11 Å². The van der Waals surface area contributed by atoms with E-state index >= 15 is 0 Å². The number of aliphatic hydroxyl groups is 1. The monoisotopic (exact) mass is 173 g/mol. The summed E-state index contributed by atoms with van der Waals surface area (Å²) >= 11 is 1.23. The third-order valence-electron chi connectivity index (χ3n) is 1.59. The second kappa shape index (κ2) is 3.75. The minimum absolute atomic E-state index is 0.0406. The Balaban J connectivity index is 2.62. The number of nitrogens with zero attached hydrogens (tertiary/aromatic N) is 2. The molecule has 1 rings (SSSR count). The van der Waals surface area contributed by atoms with Gasteiger partial charge >= 0.3 is 0 Å². The molecule has 0 aliphatic carbocycles. The molecule has 0 spiro atoms. The largest absolute Gasteiger partial charge is 0.386 e. The number of rotatable bonds is 3. The third-order valence-corrected chi connectivity index (χ3v) is 2.11. The topological polar surface area (TPSA) is 72.0 Å². The van der Waals surface area contributed by atoms with Crippen LogP contribution in [0, 0.1) is 5.92 Å². The summed E-state index contributed by atoms with van der Waals surface area (Å²) in [5.41, 5.74) is 5.99. The molecule has 0 aliphatic rings. The predicted octanol–water partition coefficient (Wildman–Crippen LogP) is 0.166. The molecule has 0 fully saturated rings. The molecule has 0 aromatic carbocycles. The van der Waals surface area contributed by atoms with Crippen LogP contribution in [0.1, 0.15) is 18.7 Å². The normalized spacial score (nSPS) is 16.3. The Morgan fingerprint density at radius 2 is 2.55 bits per heavy atom. The van der Waals surface area contributed by atoms with Crippen molar-refractivity contribution in [2.75, 3.05) is 6.54 Å². The van der Waals surface area contributed by atoms with Crippen LogP contribution in [0.2, 0.25) is 0 Å². The van der Waals surface area contributed by atoms with Crippen LogP contribution in [-0.2, 0) is 0 Å². The van der Waals surface area contributed by atoms with Crippen molar-refractivity contribution in [3.63, 3.8) is 0 Å². The Hall–Kier alpha value is -0.520. The lowest BCUT2D eigenvalue weighted by Crippen LogP contribution is -2.19. The summed E-state index contributed by atoms with van der Waals surface area (Å²) in [6.07, 6.45) is -0.571. The number of aliphatic hydroxyl groups excluding tert-OH is 1. The Morgan fingerprint density at radius 3 is 3.00 bits per heavy atom. The van der Waals surface area contributed by atoms with Crippen LogP contribution in [0.5, 0.6) is 0 Å². The van der Waals surface area contributed by atoms with Crippen LogP contribution in [0.15, 0.2) is 5.38 Å². The molecule has 0 aliphatic heterocycles. The Morgan fingerprint density at radius 1 is 1.82 bits per heavy atom. The average molecular weight is 173 g/mol. The summed E-state index contributed by atoms with van der Waals surface area (Å²) in [6, 6.07) is 0. The summed E-state index contributed by atoms with van der Waals surface area (Å²) < 4.78 is 3.65. The van der Waals surface area contributed by atoms with E-state index in [0.29, 0.717) is 12.2 Å². The van der Waals surface area contributed by atoms with Gasteiger partial charge in [0.15, 0.2) is 0 Å². The Bertz CT molecular complexity index is 202. The zero-order valence-electron chi connectivity index (χ0n) is 6.27. The van der Waals surface area contributed by atoms with E-state index in [-0.39, 0.29) is 5.92 Å². The molecule has 11 heavy (non-hydrogen) atoms. The molecule has 0 saturated carbocycles. The van der Waals surface area contributed by atoms with Crippen LogP contribution in [0.4, 0.5) is 0 Å². The number of nitrogens with two attached hydrogens (primary N) is 1. The van der Waals surface area contributed by atoms with E-state index < -0.39 is 6.10 Å². The standard InChI is InChI=1S/C6H11N3OS/c1-4(2-7)6(10)5-3-11-9-8-5/h3-4,6,10H,2,7H2,1H3. The molecule has 1 aromatic heterocycles. The lowest BCUT2D eigenvalue weighted by molar-refractivity contribution is 0.117. The average Bonchev–Trinajstić information content (AvgIpc) is 2.53. The van der Waals surface area contributed by atoms with Crippen LogP contribution < -0.4 is 5.73 Å². The fourth-order valence-corrected chi connectivity index (χ4v) is 1.20. The highest BCUT2D eigenvalue weighted by atomic mass is 32.1. The maximum Gasteiger partial charge on any atom is 0.104 e. The molecule has 4 nitrogen and oxygen atoms in total.